The predicted octanol–water partition coefficient (Wildman–Crippen LogP) is 1.42. The van der Waals surface area contributed by atoms with Crippen LogP contribution in [-0.2, 0) is 16.8 Å². The average molecular weight is 299 g/mol. The van der Waals surface area contributed by atoms with E-state index >= 15 is 0 Å². The van der Waals surface area contributed by atoms with Gasteiger partial charge in [-0.2, -0.15) is 17.0 Å². The van der Waals surface area contributed by atoms with E-state index in [0.717, 1.165) is 18.4 Å². The maximum absolute atomic E-state index is 12.5. The number of benzene rings is 1. The molecule has 0 aliphatic rings. The van der Waals surface area contributed by atoms with Gasteiger partial charge in [-0.15, -0.1) is 0 Å². The molecule has 1 rings (SSSR count). The molecule has 0 spiro atoms. The van der Waals surface area contributed by atoms with E-state index in [2.05, 4.69) is 0 Å². The van der Waals surface area contributed by atoms with Crippen LogP contribution in [0.15, 0.2) is 30.3 Å². The van der Waals surface area contributed by atoms with E-state index in [0.29, 0.717) is 26.2 Å². The third-order valence-electron chi connectivity index (χ3n) is 3.13. The Morgan fingerprint density at radius 1 is 1.15 bits per heavy atom. The van der Waals surface area contributed by atoms with E-state index in [9.17, 15) is 8.42 Å². The second kappa shape index (κ2) is 8.36. The van der Waals surface area contributed by atoms with Gasteiger partial charge in [-0.25, -0.2) is 0 Å². The number of nitrogens with zero attached hydrogens (tertiary/aromatic N) is 2. The Bertz CT molecular complexity index is 476. The van der Waals surface area contributed by atoms with E-state index in [1.165, 1.54) is 8.61 Å². The van der Waals surface area contributed by atoms with Crippen LogP contribution in [0.25, 0.3) is 0 Å². The Balaban J connectivity index is 2.83. The van der Waals surface area contributed by atoms with E-state index in [4.69, 9.17) is 5.73 Å². The predicted molar refractivity (Wildman–Crippen MR) is 82.4 cm³/mol. The molecule has 1 aromatic carbocycles. The summed E-state index contributed by atoms with van der Waals surface area (Å²) in [6, 6.07) is 9.57. The average Bonchev–Trinajstić information content (AvgIpc) is 2.45. The minimum absolute atomic E-state index is 0.313. The van der Waals surface area contributed by atoms with Crippen LogP contribution in [0.5, 0.6) is 0 Å². The Kier molecular flexibility index (Phi) is 7.15. The lowest BCUT2D eigenvalue weighted by Crippen LogP contribution is -2.43. The summed E-state index contributed by atoms with van der Waals surface area (Å²) in [7, 11) is -1.82. The summed E-state index contributed by atoms with van der Waals surface area (Å²) >= 11 is 0. The Hall–Kier alpha value is -0.950. The van der Waals surface area contributed by atoms with Gasteiger partial charge in [-0.1, -0.05) is 43.7 Å². The molecule has 2 N–H and O–H groups in total. The van der Waals surface area contributed by atoms with Gasteiger partial charge in [0.15, 0.2) is 0 Å². The first kappa shape index (κ1) is 17.1. The molecule has 0 bridgehead atoms. The molecular weight excluding hydrogens is 274 g/mol. The molecule has 0 aromatic heterocycles. The molecule has 0 saturated carbocycles. The maximum atomic E-state index is 12.5. The summed E-state index contributed by atoms with van der Waals surface area (Å²) in [6.45, 7) is 3.58. The largest absolute Gasteiger partial charge is 0.329 e. The third kappa shape index (κ3) is 4.86. The van der Waals surface area contributed by atoms with Gasteiger partial charge in [-0.3, -0.25) is 0 Å². The molecular formula is C14H25N3O2S. The highest BCUT2D eigenvalue weighted by atomic mass is 32.2. The van der Waals surface area contributed by atoms with Crippen molar-refractivity contribution in [2.45, 2.75) is 26.3 Å². The van der Waals surface area contributed by atoms with Gasteiger partial charge < -0.3 is 5.73 Å². The first-order chi connectivity index (χ1) is 9.52. The monoisotopic (exact) mass is 299 g/mol. The standard InChI is InChI=1S/C14H25N3O2S/c1-3-4-11-16(2)20(18,19)17(12-10-15)13-14-8-6-5-7-9-14/h5-9H,3-4,10-13,15H2,1-2H3. The Morgan fingerprint density at radius 2 is 1.80 bits per heavy atom. The molecule has 5 nitrogen and oxygen atoms in total. The van der Waals surface area contributed by atoms with Crippen molar-refractivity contribution in [3.05, 3.63) is 35.9 Å². The van der Waals surface area contributed by atoms with Gasteiger partial charge in [0.2, 0.25) is 0 Å². The summed E-state index contributed by atoms with van der Waals surface area (Å²) in [5, 5.41) is 0. The van der Waals surface area contributed by atoms with Crippen molar-refractivity contribution in [1.82, 2.24) is 8.61 Å². The van der Waals surface area contributed by atoms with E-state index in [1.807, 2.05) is 37.3 Å². The van der Waals surface area contributed by atoms with Crippen molar-refractivity contribution in [3.8, 4) is 0 Å². The number of rotatable bonds is 9. The molecule has 0 unspecified atom stereocenters. The lowest BCUT2D eigenvalue weighted by molar-refractivity contribution is 0.356. The van der Waals surface area contributed by atoms with E-state index < -0.39 is 10.2 Å². The highest BCUT2D eigenvalue weighted by molar-refractivity contribution is 7.86. The zero-order valence-corrected chi connectivity index (χ0v) is 13.1. The summed E-state index contributed by atoms with van der Waals surface area (Å²) in [6.07, 6.45) is 1.83. The van der Waals surface area contributed by atoms with Crippen molar-refractivity contribution in [3.63, 3.8) is 0 Å². The summed E-state index contributed by atoms with van der Waals surface area (Å²) in [5.74, 6) is 0. The van der Waals surface area contributed by atoms with Crippen LogP contribution in [-0.4, -0.2) is 43.7 Å². The molecule has 0 heterocycles. The highest BCUT2D eigenvalue weighted by Crippen LogP contribution is 2.12. The minimum Gasteiger partial charge on any atom is -0.329 e. The molecule has 0 amide bonds. The fourth-order valence-corrected chi connectivity index (χ4v) is 3.30. The third-order valence-corrected chi connectivity index (χ3v) is 5.06. The summed E-state index contributed by atoms with van der Waals surface area (Å²) in [4.78, 5) is 0. The van der Waals surface area contributed by atoms with Crippen molar-refractivity contribution in [1.29, 1.82) is 0 Å². The number of nitrogens with two attached hydrogens (primary N) is 1. The minimum atomic E-state index is -3.45. The van der Waals surface area contributed by atoms with Crippen LogP contribution in [0, 0.1) is 0 Å². The van der Waals surface area contributed by atoms with Crippen LogP contribution in [0.3, 0.4) is 0 Å². The fraction of sp³-hybridized carbons (Fsp3) is 0.571. The SMILES string of the molecule is CCCCN(C)S(=O)(=O)N(CCN)Cc1ccccc1. The zero-order chi connectivity index (χ0) is 15.0. The molecule has 0 radical (unpaired) electrons. The van der Waals surface area contributed by atoms with Crippen LogP contribution < -0.4 is 5.73 Å². The second-order valence-corrected chi connectivity index (χ2v) is 6.83. The fourth-order valence-electron chi connectivity index (χ4n) is 1.90. The zero-order valence-electron chi connectivity index (χ0n) is 12.3. The van der Waals surface area contributed by atoms with Crippen LogP contribution >= 0.6 is 0 Å². The van der Waals surface area contributed by atoms with Gasteiger partial charge in [-0.05, 0) is 12.0 Å². The van der Waals surface area contributed by atoms with Crippen LogP contribution in [0.2, 0.25) is 0 Å². The molecule has 20 heavy (non-hydrogen) atoms. The topological polar surface area (TPSA) is 66.6 Å². The molecule has 0 aliphatic heterocycles. The maximum Gasteiger partial charge on any atom is 0.282 e. The molecule has 0 aliphatic carbocycles. The molecule has 0 atom stereocenters. The first-order valence-corrected chi connectivity index (χ1v) is 8.37. The van der Waals surface area contributed by atoms with Crippen molar-refractivity contribution in [2.75, 3.05) is 26.7 Å². The molecule has 0 fully saturated rings. The summed E-state index contributed by atoms with van der Waals surface area (Å²) < 4.78 is 27.9. The first-order valence-electron chi connectivity index (χ1n) is 6.97. The van der Waals surface area contributed by atoms with Crippen molar-refractivity contribution < 1.29 is 8.42 Å². The molecule has 1 aromatic rings. The van der Waals surface area contributed by atoms with Gasteiger partial charge in [0.05, 0.1) is 0 Å². The summed E-state index contributed by atoms with van der Waals surface area (Å²) in [5.41, 5.74) is 6.52. The van der Waals surface area contributed by atoms with Crippen molar-refractivity contribution in [2.24, 2.45) is 5.73 Å². The quantitative estimate of drug-likeness (QED) is 0.750. The van der Waals surface area contributed by atoms with Crippen LogP contribution in [0.1, 0.15) is 25.3 Å². The van der Waals surface area contributed by atoms with Gasteiger partial charge in [0.25, 0.3) is 10.2 Å². The number of hydrogen-bond donors (Lipinski definition) is 1. The van der Waals surface area contributed by atoms with Crippen molar-refractivity contribution >= 4 is 10.2 Å². The van der Waals surface area contributed by atoms with Gasteiger partial charge in [0, 0.05) is 33.2 Å². The number of hydrogen-bond acceptors (Lipinski definition) is 3. The highest BCUT2D eigenvalue weighted by Gasteiger charge is 2.25. The Labute approximate surface area is 122 Å². The van der Waals surface area contributed by atoms with Crippen LogP contribution in [0.4, 0.5) is 0 Å². The number of unbranched alkanes of at least 4 members (excludes halogenated alkanes) is 1. The molecule has 114 valence electrons. The Morgan fingerprint density at radius 3 is 2.35 bits per heavy atom. The van der Waals surface area contributed by atoms with E-state index in [-0.39, 0.29) is 0 Å². The second-order valence-electron chi connectivity index (χ2n) is 4.79. The molecule has 6 heteroatoms. The van der Waals surface area contributed by atoms with E-state index in [1.54, 1.807) is 7.05 Å². The normalized spacial score (nSPS) is 12.2. The smallest absolute Gasteiger partial charge is 0.282 e. The van der Waals surface area contributed by atoms with Gasteiger partial charge in [0.1, 0.15) is 0 Å². The molecule has 0 saturated heterocycles. The lowest BCUT2D eigenvalue weighted by atomic mass is 10.2. The lowest BCUT2D eigenvalue weighted by Gasteiger charge is -2.27. The van der Waals surface area contributed by atoms with Gasteiger partial charge >= 0.3 is 0 Å².